The summed E-state index contributed by atoms with van der Waals surface area (Å²) in [5.41, 5.74) is -0.214. The second-order valence-corrected chi connectivity index (χ2v) is 13.1. The molecule has 3 aromatic rings. The van der Waals surface area contributed by atoms with Gasteiger partial charge in [-0.05, 0) is 45.9 Å². The number of alkyl halides is 2. The summed E-state index contributed by atoms with van der Waals surface area (Å²) in [5, 5.41) is 11.4. The predicted molar refractivity (Wildman–Crippen MR) is 150 cm³/mol. The number of aromatic nitrogens is 3. The molecule has 0 saturated carbocycles. The zero-order valence-electron chi connectivity index (χ0n) is 23.3. The van der Waals surface area contributed by atoms with Crippen LogP contribution in [0.15, 0.2) is 47.4 Å². The van der Waals surface area contributed by atoms with Crippen molar-refractivity contribution in [3.05, 3.63) is 58.8 Å². The van der Waals surface area contributed by atoms with Gasteiger partial charge in [0, 0.05) is 6.20 Å². The van der Waals surface area contributed by atoms with E-state index < -0.39 is 61.1 Å². The molecule has 2 aromatic heterocycles. The highest BCUT2D eigenvalue weighted by Crippen LogP contribution is 2.54. The smallest absolute Gasteiger partial charge is 0.380 e. The van der Waals surface area contributed by atoms with Gasteiger partial charge in [0.25, 0.3) is 5.56 Å². The van der Waals surface area contributed by atoms with Gasteiger partial charge in [-0.15, -0.1) is 11.6 Å². The SMILES string of the molecule is Cc1nc2c(ccn2[C@@H]2O[C@H]([C@H](C)O[P@](=O)(C[C@@H](C)C(=O)OC(C)C)Oc3ccccc3)[C@H](O)C2(Cl)CF)c(=O)[nH]1. The first kappa shape index (κ1) is 31.2. The van der Waals surface area contributed by atoms with Crippen molar-refractivity contribution in [2.75, 3.05) is 12.8 Å². The van der Waals surface area contributed by atoms with Crippen LogP contribution >= 0.6 is 19.2 Å². The molecule has 224 valence electrons. The number of aryl methyl sites for hydroxylation is 1. The molecule has 3 heterocycles. The fourth-order valence-electron chi connectivity index (χ4n) is 4.72. The maximum absolute atomic E-state index is 14.5. The number of fused-ring (bicyclic) bond motifs is 1. The van der Waals surface area contributed by atoms with E-state index in [0.29, 0.717) is 5.82 Å². The molecule has 4 rings (SSSR count). The molecule has 0 spiro atoms. The van der Waals surface area contributed by atoms with E-state index in [1.807, 2.05) is 0 Å². The molecule has 14 heteroatoms. The molecule has 2 N–H and O–H groups in total. The molecule has 0 amide bonds. The number of ether oxygens (including phenoxy) is 2. The molecule has 1 fully saturated rings. The minimum absolute atomic E-state index is 0.187. The Balaban J connectivity index is 1.63. The zero-order valence-corrected chi connectivity index (χ0v) is 25.0. The number of H-pyrrole nitrogens is 1. The van der Waals surface area contributed by atoms with E-state index in [1.165, 1.54) is 30.7 Å². The van der Waals surface area contributed by atoms with Crippen molar-refractivity contribution in [3.63, 3.8) is 0 Å². The Bertz CT molecular complexity index is 1480. The Morgan fingerprint density at radius 1 is 1.27 bits per heavy atom. The van der Waals surface area contributed by atoms with Crippen molar-refractivity contribution in [1.29, 1.82) is 0 Å². The Morgan fingerprint density at radius 3 is 2.59 bits per heavy atom. The second kappa shape index (κ2) is 12.2. The normalized spacial score (nSPS) is 25.6. The lowest BCUT2D eigenvalue weighted by atomic mass is 9.97. The fourth-order valence-corrected chi connectivity index (χ4v) is 7.10. The summed E-state index contributed by atoms with van der Waals surface area (Å²) in [6.45, 7) is 6.79. The van der Waals surface area contributed by atoms with Gasteiger partial charge < -0.3 is 28.7 Å². The number of hydrogen-bond donors (Lipinski definition) is 2. The number of halogens is 2. The predicted octanol–water partition coefficient (Wildman–Crippen LogP) is 4.50. The summed E-state index contributed by atoms with van der Waals surface area (Å²) in [6, 6.07) is 9.75. The van der Waals surface area contributed by atoms with Gasteiger partial charge in [0.2, 0.25) is 0 Å². The van der Waals surface area contributed by atoms with Gasteiger partial charge in [-0.2, -0.15) is 0 Å². The number of carbonyl (C=O) groups excluding carboxylic acids is 1. The van der Waals surface area contributed by atoms with Crippen LogP contribution in [0.3, 0.4) is 0 Å². The van der Waals surface area contributed by atoms with Crippen LogP contribution in [0.1, 0.15) is 39.7 Å². The lowest BCUT2D eigenvalue weighted by Gasteiger charge is -2.29. The molecule has 41 heavy (non-hydrogen) atoms. The Kier molecular flexibility index (Phi) is 9.30. The number of hydrogen-bond acceptors (Lipinski definition) is 9. The number of para-hydroxylation sites is 1. The van der Waals surface area contributed by atoms with Gasteiger partial charge >= 0.3 is 13.6 Å². The second-order valence-electron chi connectivity index (χ2n) is 10.5. The van der Waals surface area contributed by atoms with Crippen LogP contribution in [-0.2, 0) is 23.4 Å². The number of carbonyl (C=O) groups is 1. The number of aliphatic hydroxyl groups excluding tert-OH is 1. The van der Waals surface area contributed by atoms with Gasteiger partial charge in [-0.3, -0.25) is 14.1 Å². The van der Waals surface area contributed by atoms with Crippen LogP contribution in [-0.4, -0.2) is 67.7 Å². The number of rotatable bonds is 11. The highest BCUT2D eigenvalue weighted by atomic mass is 35.5. The van der Waals surface area contributed by atoms with Crippen LogP contribution in [0.2, 0.25) is 0 Å². The molecule has 1 saturated heterocycles. The first-order chi connectivity index (χ1) is 19.3. The first-order valence-corrected chi connectivity index (χ1v) is 15.3. The van der Waals surface area contributed by atoms with Crippen LogP contribution < -0.4 is 10.1 Å². The molecule has 0 bridgehead atoms. The van der Waals surface area contributed by atoms with Crippen molar-refractivity contribution in [3.8, 4) is 5.75 Å². The molecule has 0 radical (unpaired) electrons. The lowest BCUT2D eigenvalue weighted by molar-refractivity contribution is -0.151. The van der Waals surface area contributed by atoms with Gasteiger partial charge in [0.05, 0.1) is 29.7 Å². The largest absolute Gasteiger partial charge is 0.463 e. The number of esters is 1. The van der Waals surface area contributed by atoms with Crippen molar-refractivity contribution < 1.29 is 37.4 Å². The standard InChI is InChI=1S/C27H34ClFN3O8P/c1-15(2)37-25(35)16(3)13-41(36,40-19-9-7-6-8-10-19)39-17(4)21-22(33)27(28,14-29)26(38-21)32-12-11-20-23(32)30-18(5)31-24(20)34/h6-12,15-17,21-22,26,33H,13-14H2,1-5H3,(H,30,31,34)/t16-,17+,21-,22+,26-,27?,41-/m1/s1. The highest BCUT2D eigenvalue weighted by molar-refractivity contribution is 7.54. The lowest BCUT2D eigenvalue weighted by Crippen LogP contribution is -2.46. The zero-order chi connectivity index (χ0) is 30.1. The monoisotopic (exact) mass is 613 g/mol. The number of nitrogens with one attached hydrogen (secondary N) is 1. The van der Waals surface area contributed by atoms with Gasteiger partial charge in [-0.25, -0.2) is 13.9 Å². The van der Waals surface area contributed by atoms with Crippen LogP contribution in [0.4, 0.5) is 4.39 Å². The van der Waals surface area contributed by atoms with Crippen molar-refractivity contribution >= 4 is 36.2 Å². The summed E-state index contributed by atoms with van der Waals surface area (Å²) >= 11 is 6.66. The Hall–Kier alpha value is -2.76. The van der Waals surface area contributed by atoms with Crippen molar-refractivity contribution in [2.24, 2.45) is 5.92 Å². The molecule has 11 nitrogen and oxygen atoms in total. The third kappa shape index (κ3) is 6.52. The van der Waals surface area contributed by atoms with E-state index in [-0.39, 0.29) is 29.0 Å². The van der Waals surface area contributed by atoms with E-state index in [0.717, 1.165) is 0 Å². The number of benzene rings is 1. The molecule has 1 aliphatic heterocycles. The molecule has 0 aliphatic carbocycles. The minimum Gasteiger partial charge on any atom is -0.463 e. The minimum atomic E-state index is -4.11. The average molecular weight is 614 g/mol. The van der Waals surface area contributed by atoms with E-state index in [4.69, 9.17) is 30.1 Å². The number of aliphatic hydroxyl groups is 1. The van der Waals surface area contributed by atoms with E-state index in [1.54, 1.807) is 51.1 Å². The summed E-state index contributed by atoms with van der Waals surface area (Å²) in [7, 11) is -4.11. The molecule has 1 unspecified atom stereocenters. The summed E-state index contributed by atoms with van der Waals surface area (Å²) in [5.74, 6) is -0.893. The quantitative estimate of drug-likeness (QED) is 0.181. The summed E-state index contributed by atoms with van der Waals surface area (Å²) < 4.78 is 53.0. The van der Waals surface area contributed by atoms with E-state index in [9.17, 15) is 23.7 Å². The molecular formula is C27H34ClFN3O8P. The Morgan fingerprint density at radius 2 is 1.95 bits per heavy atom. The third-order valence-electron chi connectivity index (χ3n) is 6.69. The fraction of sp³-hybridized carbons (Fsp3) is 0.519. The van der Waals surface area contributed by atoms with Gasteiger partial charge in [-0.1, -0.05) is 25.1 Å². The third-order valence-corrected chi connectivity index (χ3v) is 9.33. The number of nitrogens with zero attached hydrogens (tertiary/aromatic N) is 2. The van der Waals surface area contributed by atoms with Crippen LogP contribution in [0.25, 0.3) is 11.0 Å². The molecule has 1 aliphatic rings. The van der Waals surface area contributed by atoms with E-state index >= 15 is 0 Å². The maximum Gasteiger partial charge on any atom is 0.380 e. The van der Waals surface area contributed by atoms with Crippen LogP contribution in [0, 0.1) is 12.8 Å². The van der Waals surface area contributed by atoms with Gasteiger partial charge in [0.15, 0.2) is 6.23 Å². The van der Waals surface area contributed by atoms with Crippen molar-refractivity contribution in [1.82, 2.24) is 14.5 Å². The maximum atomic E-state index is 14.5. The summed E-state index contributed by atoms with van der Waals surface area (Å²) in [6.07, 6.45) is -4.62. The summed E-state index contributed by atoms with van der Waals surface area (Å²) in [4.78, 5) is 29.8. The first-order valence-electron chi connectivity index (χ1n) is 13.2. The topological polar surface area (TPSA) is 142 Å². The van der Waals surface area contributed by atoms with Gasteiger partial charge in [0.1, 0.15) is 41.0 Å². The van der Waals surface area contributed by atoms with Crippen molar-refractivity contribution in [2.45, 2.75) is 70.1 Å². The molecule has 1 aromatic carbocycles. The Labute approximate surface area is 241 Å². The number of aromatic amines is 1. The van der Waals surface area contributed by atoms with Crippen LogP contribution in [0.5, 0.6) is 5.75 Å². The average Bonchev–Trinajstić information content (AvgIpc) is 3.42. The molecule has 7 atom stereocenters. The molecular weight excluding hydrogens is 580 g/mol. The highest BCUT2D eigenvalue weighted by Gasteiger charge is 2.59. The van der Waals surface area contributed by atoms with E-state index in [2.05, 4.69) is 9.97 Å².